The average molecular weight is 171 g/mol. The molecule has 0 fully saturated rings. The van der Waals surface area contributed by atoms with E-state index in [9.17, 15) is 4.79 Å². The molecule has 0 aromatic carbocycles. The van der Waals surface area contributed by atoms with Gasteiger partial charge in [0.1, 0.15) is 0 Å². The van der Waals surface area contributed by atoms with Gasteiger partial charge in [-0.2, -0.15) is 0 Å². The molecule has 0 radical (unpaired) electrons. The number of carbonyl (C=O) groups excluding carboxylic acids is 1. The van der Waals surface area contributed by atoms with Crippen LogP contribution >= 0.6 is 0 Å². The third-order valence-corrected chi connectivity index (χ3v) is 1.41. The molecular weight excluding hydrogens is 154 g/mol. The lowest BCUT2D eigenvalue weighted by Gasteiger charge is -2.02. The zero-order valence-electron chi connectivity index (χ0n) is 7.80. The Morgan fingerprint density at radius 2 is 2.25 bits per heavy atom. The minimum atomic E-state index is -0.231. The predicted molar refractivity (Wildman–Crippen MR) is 48.7 cm³/mol. The first-order valence-electron chi connectivity index (χ1n) is 4.26. The molecule has 70 valence electrons. The normalized spacial score (nSPS) is 11.4. The molecule has 3 nitrogen and oxygen atoms in total. The molecule has 0 rings (SSSR count). The second kappa shape index (κ2) is 6.85. The summed E-state index contributed by atoms with van der Waals surface area (Å²) in [4.78, 5) is 11.1. The topological polar surface area (TPSA) is 52.3 Å². The molecule has 0 aliphatic carbocycles. The maximum absolute atomic E-state index is 11.1. The predicted octanol–water partition coefficient (Wildman–Crippen LogP) is 1.23. The lowest BCUT2D eigenvalue weighted by molar-refractivity contribution is -0.139. The van der Waals surface area contributed by atoms with Crippen molar-refractivity contribution >= 4 is 5.97 Å². The molecule has 0 bridgehead atoms. The van der Waals surface area contributed by atoms with E-state index in [4.69, 9.17) is 10.5 Å². The lowest BCUT2D eigenvalue weighted by atomic mass is 10.2. The average Bonchev–Trinajstić information content (AvgIpc) is 2.05. The zero-order chi connectivity index (χ0) is 9.40. The Kier molecular flexibility index (Phi) is 6.38. The van der Waals surface area contributed by atoms with Gasteiger partial charge in [0.15, 0.2) is 0 Å². The minimum Gasteiger partial charge on any atom is -0.462 e. The van der Waals surface area contributed by atoms with Crippen LogP contribution in [0.3, 0.4) is 0 Å². The standard InChI is InChI=1S/C9H17NO2/c1-3-5-8(2)9(11)12-7-4-6-10/h5H,3-4,6-7,10H2,1-2H3. The first-order valence-corrected chi connectivity index (χ1v) is 4.26. The summed E-state index contributed by atoms with van der Waals surface area (Å²) in [5.74, 6) is -0.231. The van der Waals surface area contributed by atoms with Crippen LogP contribution in [0.4, 0.5) is 0 Å². The highest BCUT2D eigenvalue weighted by Crippen LogP contribution is 1.98. The third-order valence-electron chi connectivity index (χ3n) is 1.41. The van der Waals surface area contributed by atoms with Crippen LogP contribution in [-0.4, -0.2) is 19.1 Å². The molecule has 0 amide bonds. The largest absolute Gasteiger partial charge is 0.462 e. The summed E-state index contributed by atoms with van der Waals surface area (Å²) in [5.41, 5.74) is 5.92. The van der Waals surface area contributed by atoms with Gasteiger partial charge in [-0.15, -0.1) is 0 Å². The Balaban J connectivity index is 3.64. The van der Waals surface area contributed by atoms with Crippen LogP contribution in [0.2, 0.25) is 0 Å². The Morgan fingerprint density at radius 1 is 1.58 bits per heavy atom. The van der Waals surface area contributed by atoms with Crippen LogP contribution in [0.1, 0.15) is 26.7 Å². The van der Waals surface area contributed by atoms with Gasteiger partial charge in [-0.05, 0) is 26.3 Å². The van der Waals surface area contributed by atoms with Crippen molar-refractivity contribution in [1.82, 2.24) is 0 Å². The molecule has 12 heavy (non-hydrogen) atoms. The van der Waals surface area contributed by atoms with Crippen molar-refractivity contribution in [3.05, 3.63) is 11.6 Å². The molecular formula is C9H17NO2. The summed E-state index contributed by atoms with van der Waals surface area (Å²) in [6.07, 6.45) is 3.44. The van der Waals surface area contributed by atoms with Gasteiger partial charge in [-0.25, -0.2) is 4.79 Å². The van der Waals surface area contributed by atoms with Crippen molar-refractivity contribution in [2.75, 3.05) is 13.2 Å². The molecule has 0 saturated heterocycles. The van der Waals surface area contributed by atoms with E-state index in [0.717, 1.165) is 12.8 Å². The molecule has 0 saturated carbocycles. The Hall–Kier alpha value is -0.830. The Labute approximate surface area is 73.6 Å². The maximum Gasteiger partial charge on any atom is 0.333 e. The van der Waals surface area contributed by atoms with Gasteiger partial charge in [0.25, 0.3) is 0 Å². The number of rotatable bonds is 5. The van der Waals surface area contributed by atoms with Gasteiger partial charge < -0.3 is 10.5 Å². The molecule has 0 heterocycles. The highest BCUT2D eigenvalue weighted by molar-refractivity contribution is 5.87. The summed E-state index contributed by atoms with van der Waals surface area (Å²) in [7, 11) is 0. The van der Waals surface area contributed by atoms with Crippen molar-refractivity contribution in [3.63, 3.8) is 0 Å². The van der Waals surface area contributed by atoms with E-state index in [2.05, 4.69) is 0 Å². The van der Waals surface area contributed by atoms with Gasteiger partial charge in [0, 0.05) is 5.57 Å². The summed E-state index contributed by atoms with van der Waals surface area (Å²) in [6.45, 7) is 4.72. The first kappa shape index (κ1) is 11.2. The molecule has 0 atom stereocenters. The number of carbonyl (C=O) groups is 1. The van der Waals surface area contributed by atoms with Crippen LogP contribution in [0.25, 0.3) is 0 Å². The van der Waals surface area contributed by atoms with E-state index in [-0.39, 0.29) is 5.97 Å². The van der Waals surface area contributed by atoms with Crippen LogP contribution in [-0.2, 0) is 9.53 Å². The molecule has 0 aliphatic heterocycles. The highest BCUT2D eigenvalue weighted by Gasteiger charge is 2.03. The van der Waals surface area contributed by atoms with Crippen LogP contribution in [0, 0.1) is 0 Å². The number of hydrogen-bond acceptors (Lipinski definition) is 3. The Bertz CT molecular complexity index is 164. The van der Waals surface area contributed by atoms with E-state index in [0.29, 0.717) is 18.7 Å². The monoisotopic (exact) mass is 171 g/mol. The SMILES string of the molecule is CCC=C(C)C(=O)OCCCN. The molecule has 0 unspecified atom stereocenters. The lowest BCUT2D eigenvalue weighted by Crippen LogP contribution is -2.10. The number of ether oxygens (including phenoxy) is 1. The second-order valence-electron chi connectivity index (χ2n) is 2.57. The second-order valence-corrected chi connectivity index (χ2v) is 2.57. The van der Waals surface area contributed by atoms with Crippen LogP contribution < -0.4 is 5.73 Å². The summed E-state index contributed by atoms with van der Waals surface area (Å²) >= 11 is 0. The molecule has 3 heteroatoms. The molecule has 0 aliphatic rings. The minimum absolute atomic E-state index is 0.231. The number of allylic oxidation sites excluding steroid dienone is 1. The van der Waals surface area contributed by atoms with Crippen molar-refractivity contribution in [1.29, 1.82) is 0 Å². The van der Waals surface area contributed by atoms with Crippen molar-refractivity contribution < 1.29 is 9.53 Å². The zero-order valence-corrected chi connectivity index (χ0v) is 7.80. The number of nitrogens with two attached hydrogens (primary N) is 1. The fourth-order valence-corrected chi connectivity index (χ4v) is 0.752. The van der Waals surface area contributed by atoms with Crippen molar-refractivity contribution in [2.24, 2.45) is 5.73 Å². The van der Waals surface area contributed by atoms with E-state index in [1.807, 2.05) is 13.0 Å². The highest BCUT2D eigenvalue weighted by atomic mass is 16.5. The van der Waals surface area contributed by atoms with Crippen LogP contribution in [0.15, 0.2) is 11.6 Å². The van der Waals surface area contributed by atoms with Crippen molar-refractivity contribution in [2.45, 2.75) is 26.7 Å². The van der Waals surface area contributed by atoms with E-state index in [1.165, 1.54) is 0 Å². The van der Waals surface area contributed by atoms with Gasteiger partial charge in [0.05, 0.1) is 6.61 Å². The van der Waals surface area contributed by atoms with Gasteiger partial charge in [-0.1, -0.05) is 13.0 Å². The molecule has 0 aromatic rings. The van der Waals surface area contributed by atoms with Gasteiger partial charge >= 0.3 is 5.97 Å². The van der Waals surface area contributed by atoms with Crippen LogP contribution in [0.5, 0.6) is 0 Å². The molecule has 2 N–H and O–H groups in total. The quantitative estimate of drug-likeness (QED) is 0.384. The Morgan fingerprint density at radius 3 is 2.75 bits per heavy atom. The summed E-state index contributed by atoms with van der Waals surface area (Å²) in [6, 6.07) is 0. The van der Waals surface area contributed by atoms with Gasteiger partial charge in [-0.3, -0.25) is 0 Å². The van der Waals surface area contributed by atoms with E-state index in [1.54, 1.807) is 6.92 Å². The third kappa shape index (κ3) is 4.91. The van der Waals surface area contributed by atoms with E-state index >= 15 is 0 Å². The molecule has 0 spiro atoms. The van der Waals surface area contributed by atoms with Crippen molar-refractivity contribution in [3.8, 4) is 0 Å². The maximum atomic E-state index is 11.1. The summed E-state index contributed by atoms with van der Waals surface area (Å²) < 4.78 is 4.91. The van der Waals surface area contributed by atoms with Gasteiger partial charge in [0.2, 0.25) is 0 Å². The number of hydrogen-bond donors (Lipinski definition) is 1. The van der Waals surface area contributed by atoms with E-state index < -0.39 is 0 Å². The molecule has 0 aromatic heterocycles. The first-order chi connectivity index (χ1) is 5.72. The fourth-order valence-electron chi connectivity index (χ4n) is 0.752. The smallest absolute Gasteiger partial charge is 0.333 e. The summed E-state index contributed by atoms with van der Waals surface area (Å²) in [5, 5.41) is 0. The fraction of sp³-hybridized carbons (Fsp3) is 0.667. The number of esters is 1.